The Bertz CT molecular complexity index is 794. The van der Waals surface area contributed by atoms with E-state index in [0.717, 1.165) is 19.3 Å². The van der Waals surface area contributed by atoms with E-state index < -0.39 is 11.9 Å². The molecular formula is C19H22FN3O3. The van der Waals surface area contributed by atoms with Gasteiger partial charge in [0.25, 0.3) is 5.91 Å². The first-order valence-electron chi connectivity index (χ1n) is 8.99. The molecule has 3 atom stereocenters. The first kappa shape index (κ1) is 17.0. The van der Waals surface area contributed by atoms with Gasteiger partial charge in [-0.3, -0.25) is 9.59 Å². The van der Waals surface area contributed by atoms with Crippen molar-refractivity contribution in [2.75, 3.05) is 0 Å². The molecule has 1 aromatic rings. The summed E-state index contributed by atoms with van der Waals surface area (Å²) in [7, 11) is 0. The highest BCUT2D eigenvalue weighted by Gasteiger charge is 2.40. The molecule has 2 fully saturated rings. The maximum absolute atomic E-state index is 15.0. The molecule has 0 radical (unpaired) electrons. The van der Waals surface area contributed by atoms with Crippen molar-refractivity contribution in [1.29, 1.82) is 0 Å². The number of halogens is 1. The maximum Gasteiger partial charge on any atom is 0.255 e. The third-order valence-corrected chi connectivity index (χ3v) is 5.51. The van der Waals surface area contributed by atoms with Gasteiger partial charge in [-0.05, 0) is 44.2 Å². The number of piperidine rings is 1. The van der Waals surface area contributed by atoms with E-state index in [0.29, 0.717) is 24.1 Å². The van der Waals surface area contributed by atoms with E-state index in [-0.39, 0.29) is 41.8 Å². The van der Waals surface area contributed by atoms with E-state index in [2.05, 4.69) is 11.9 Å². The Morgan fingerprint density at radius 3 is 2.77 bits per heavy atom. The maximum atomic E-state index is 15.0. The zero-order chi connectivity index (χ0) is 18.4. The van der Waals surface area contributed by atoms with Gasteiger partial charge in [-0.15, -0.1) is 0 Å². The Hall–Kier alpha value is -2.41. The van der Waals surface area contributed by atoms with E-state index in [1.165, 1.54) is 11.0 Å². The minimum atomic E-state index is -0.604. The summed E-state index contributed by atoms with van der Waals surface area (Å²) in [5.41, 5.74) is 7.22. The highest BCUT2D eigenvalue weighted by Crippen LogP contribution is 2.35. The van der Waals surface area contributed by atoms with Gasteiger partial charge in [-0.25, -0.2) is 4.39 Å². The molecule has 26 heavy (non-hydrogen) atoms. The van der Waals surface area contributed by atoms with Crippen LogP contribution in [0.5, 0.6) is 5.75 Å². The second-order valence-electron chi connectivity index (χ2n) is 7.24. The third kappa shape index (κ3) is 2.76. The van der Waals surface area contributed by atoms with Crippen LogP contribution in [0.4, 0.5) is 4.39 Å². The smallest absolute Gasteiger partial charge is 0.255 e. The molecule has 6 nitrogen and oxygen atoms in total. The number of carbonyl (C=O) groups excluding carboxylic acids is 2. The number of hydrogen-bond acceptors (Lipinski definition) is 4. The Balaban J connectivity index is 1.57. The molecule has 2 amide bonds. The fraction of sp³-hybridized carbons (Fsp3) is 0.474. The first-order valence-corrected chi connectivity index (χ1v) is 8.99. The molecule has 2 heterocycles. The molecule has 0 aromatic heterocycles. The van der Waals surface area contributed by atoms with Crippen LogP contribution < -0.4 is 15.8 Å². The van der Waals surface area contributed by atoms with Crippen molar-refractivity contribution in [3.05, 3.63) is 41.4 Å². The zero-order valence-electron chi connectivity index (χ0n) is 14.5. The van der Waals surface area contributed by atoms with Crippen molar-refractivity contribution in [1.82, 2.24) is 10.2 Å². The Morgan fingerprint density at radius 2 is 2.08 bits per heavy atom. The van der Waals surface area contributed by atoms with Crippen molar-refractivity contribution in [3.8, 4) is 5.75 Å². The molecule has 1 saturated carbocycles. The molecule has 0 bridgehead atoms. The molecule has 1 aromatic carbocycles. The van der Waals surface area contributed by atoms with Gasteiger partial charge in [0.1, 0.15) is 12.1 Å². The van der Waals surface area contributed by atoms with Gasteiger partial charge in [-0.1, -0.05) is 6.58 Å². The van der Waals surface area contributed by atoms with Crippen molar-refractivity contribution < 1.29 is 18.7 Å². The van der Waals surface area contributed by atoms with Crippen LogP contribution in [0.25, 0.3) is 0 Å². The van der Waals surface area contributed by atoms with Gasteiger partial charge in [-0.2, -0.15) is 0 Å². The van der Waals surface area contributed by atoms with Crippen LogP contribution in [-0.2, 0) is 11.3 Å². The highest BCUT2D eigenvalue weighted by atomic mass is 19.1. The summed E-state index contributed by atoms with van der Waals surface area (Å²) >= 11 is 0. The molecule has 0 spiro atoms. The van der Waals surface area contributed by atoms with Crippen molar-refractivity contribution in [2.24, 2.45) is 5.73 Å². The Kier molecular flexibility index (Phi) is 4.19. The standard InChI is InChI=1S/C19H22FN3O3/c1-10-5-7-14(18(24)22-10)23-9-12-11(19(23)25)6-8-16(17(12)20)26-15-4-2-3-13(15)21/h6,8,13-15H,1-5,7,9,21H2,(H,22,24). The van der Waals surface area contributed by atoms with Crippen LogP contribution in [0.3, 0.4) is 0 Å². The van der Waals surface area contributed by atoms with E-state index in [9.17, 15) is 14.0 Å². The minimum Gasteiger partial charge on any atom is -0.486 e. The SMILES string of the molecule is C=C1CCC(N2Cc3c(ccc(OC4CCCC4N)c3F)C2=O)C(=O)N1. The van der Waals surface area contributed by atoms with E-state index in [1.807, 2.05) is 0 Å². The van der Waals surface area contributed by atoms with Gasteiger partial charge in [0, 0.05) is 22.9 Å². The zero-order valence-corrected chi connectivity index (χ0v) is 14.5. The van der Waals surface area contributed by atoms with Crippen LogP contribution in [0.2, 0.25) is 0 Å². The van der Waals surface area contributed by atoms with Crippen LogP contribution in [0.1, 0.15) is 48.0 Å². The molecule has 138 valence electrons. The first-order chi connectivity index (χ1) is 12.5. The lowest BCUT2D eigenvalue weighted by Crippen LogP contribution is -2.49. The molecule has 1 aliphatic carbocycles. The predicted molar refractivity (Wildman–Crippen MR) is 92.8 cm³/mol. The highest BCUT2D eigenvalue weighted by molar-refractivity contribution is 6.01. The normalized spacial score (nSPS) is 28.3. The van der Waals surface area contributed by atoms with E-state index in [1.54, 1.807) is 6.07 Å². The topological polar surface area (TPSA) is 84.7 Å². The number of ether oxygens (including phenoxy) is 1. The molecule has 4 rings (SSSR count). The second-order valence-corrected chi connectivity index (χ2v) is 7.24. The molecule has 7 heteroatoms. The van der Waals surface area contributed by atoms with Gasteiger partial charge >= 0.3 is 0 Å². The van der Waals surface area contributed by atoms with E-state index in [4.69, 9.17) is 10.5 Å². The fourth-order valence-corrected chi connectivity index (χ4v) is 4.02. The second kappa shape index (κ2) is 6.39. The number of carbonyl (C=O) groups is 2. The van der Waals surface area contributed by atoms with Crippen LogP contribution in [0, 0.1) is 5.82 Å². The Morgan fingerprint density at radius 1 is 1.27 bits per heavy atom. The summed E-state index contributed by atoms with van der Waals surface area (Å²) in [5, 5.41) is 2.67. The lowest BCUT2D eigenvalue weighted by atomic mass is 10.0. The molecule has 3 N–H and O–H groups in total. The summed E-state index contributed by atoms with van der Waals surface area (Å²) in [5.74, 6) is -0.993. The lowest BCUT2D eigenvalue weighted by Gasteiger charge is -2.30. The average Bonchev–Trinajstić information content (AvgIpc) is 3.15. The summed E-state index contributed by atoms with van der Waals surface area (Å²) < 4.78 is 20.7. The monoisotopic (exact) mass is 359 g/mol. The summed E-state index contributed by atoms with van der Waals surface area (Å²) in [4.78, 5) is 26.3. The summed E-state index contributed by atoms with van der Waals surface area (Å²) in [6.07, 6.45) is 3.53. The van der Waals surface area contributed by atoms with E-state index >= 15 is 0 Å². The van der Waals surface area contributed by atoms with Crippen molar-refractivity contribution in [2.45, 2.75) is 56.8 Å². The number of fused-ring (bicyclic) bond motifs is 1. The fourth-order valence-electron chi connectivity index (χ4n) is 4.02. The molecule has 3 aliphatic rings. The quantitative estimate of drug-likeness (QED) is 0.862. The van der Waals surface area contributed by atoms with Crippen molar-refractivity contribution >= 4 is 11.8 Å². The predicted octanol–water partition coefficient (Wildman–Crippen LogP) is 1.83. The molecular weight excluding hydrogens is 337 g/mol. The summed E-state index contributed by atoms with van der Waals surface area (Å²) in [6.45, 7) is 3.81. The molecule has 3 unspecified atom stereocenters. The van der Waals surface area contributed by atoms with Gasteiger partial charge < -0.3 is 20.7 Å². The lowest BCUT2D eigenvalue weighted by molar-refractivity contribution is -0.126. The molecule has 2 aliphatic heterocycles. The number of rotatable bonds is 3. The van der Waals surface area contributed by atoms with Crippen molar-refractivity contribution in [3.63, 3.8) is 0 Å². The van der Waals surface area contributed by atoms with Crippen LogP contribution >= 0.6 is 0 Å². The number of nitrogens with two attached hydrogens (primary N) is 1. The van der Waals surface area contributed by atoms with Gasteiger partial charge in [0.15, 0.2) is 11.6 Å². The minimum absolute atomic E-state index is 0.0679. The number of nitrogens with zero attached hydrogens (tertiary/aromatic N) is 1. The van der Waals surface area contributed by atoms with Gasteiger partial charge in [0.2, 0.25) is 5.91 Å². The van der Waals surface area contributed by atoms with Crippen LogP contribution in [-0.4, -0.2) is 34.9 Å². The van der Waals surface area contributed by atoms with Gasteiger partial charge in [0.05, 0.1) is 6.54 Å². The molecule has 1 saturated heterocycles. The average molecular weight is 359 g/mol. The number of nitrogens with one attached hydrogen (secondary N) is 1. The number of hydrogen-bond donors (Lipinski definition) is 2. The number of amides is 2. The largest absolute Gasteiger partial charge is 0.486 e. The number of allylic oxidation sites excluding steroid dienone is 1. The summed E-state index contributed by atoms with van der Waals surface area (Å²) in [6, 6.07) is 2.37. The van der Waals surface area contributed by atoms with Crippen LogP contribution in [0.15, 0.2) is 24.4 Å². The third-order valence-electron chi connectivity index (χ3n) is 5.51. The Labute approximate surface area is 151 Å². The number of benzene rings is 1.